The van der Waals surface area contributed by atoms with Crippen LogP contribution in [0.3, 0.4) is 0 Å². The monoisotopic (exact) mass is 327 g/mol. The lowest BCUT2D eigenvalue weighted by atomic mass is 10.1. The first-order valence-electron chi connectivity index (χ1n) is 6.64. The number of benzene rings is 2. The van der Waals surface area contributed by atoms with Crippen molar-refractivity contribution in [1.29, 1.82) is 5.26 Å². The van der Waals surface area contributed by atoms with E-state index in [0.717, 1.165) is 16.6 Å². The molecule has 5 heteroatoms. The third-order valence-corrected chi connectivity index (χ3v) is 4.01. The summed E-state index contributed by atoms with van der Waals surface area (Å²) in [7, 11) is 0. The second-order valence-corrected chi connectivity index (χ2v) is 5.54. The fourth-order valence-corrected chi connectivity index (χ4v) is 2.95. The fraction of sp³-hybridized carbons (Fsp3) is 0.0588. The molecule has 0 aliphatic carbocycles. The van der Waals surface area contributed by atoms with E-state index in [9.17, 15) is 5.26 Å². The van der Waals surface area contributed by atoms with Crippen molar-refractivity contribution in [2.45, 2.75) is 6.04 Å². The van der Waals surface area contributed by atoms with E-state index in [-0.39, 0.29) is 0 Å². The molecule has 0 radical (unpaired) electrons. The molecule has 0 saturated heterocycles. The summed E-state index contributed by atoms with van der Waals surface area (Å²) in [5.41, 5.74) is 2.13. The largest absolute Gasteiger partial charge is 0.364 e. The summed E-state index contributed by atoms with van der Waals surface area (Å²) >= 11 is 12.4. The van der Waals surface area contributed by atoms with Gasteiger partial charge in [-0.1, -0.05) is 47.5 Å². The van der Waals surface area contributed by atoms with E-state index >= 15 is 0 Å². The average molecular weight is 328 g/mol. The Morgan fingerprint density at radius 2 is 1.68 bits per heavy atom. The standard InChI is InChI=1S/C17H11Cl2N3/c18-12-6-2-7-13(19)16(12)15(10-20)22-14-8-1-4-11-5-3-9-21-17(11)14/h1-9,15,22H. The molecule has 0 spiro atoms. The van der Waals surface area contributed by atoms with Crippen LogP contribution < -0.4 is 5.32 Å². The van der Waals surface area contributed by atoms with Gasteiger partial charge in [-0.15, -0.1) is 0 Å². The van der Waals surface area contributed by atoms with Gasteiger partial charge in [-0.05, 0) is 24.3 Å². The molecule has 1 heterocycles. The molecule has 0 fully saturated rings. The van der Waals surface area contributed by atoms with Crippen molar-refractivity contribution in [3.63, 3.8) is 0 Å². The number of hydrogen-bond acceptors (Lipinski definition) is 3. The van der Waals surface area contributed by atoms with Gasteiger partial charge >= 0.3 is 0 Å². The summed E-state index contributed by atoms with van der Waals surface area (Å²) in [6.07, 6.45) is 1.72. The highest BCUT2D eigenvalue weighted by atomic mass is 35.5. The van der Waals surface area contributed by atoms with Crippen molar-refractivity contribution in [3.05, 3.63) is 70.3 Å². The highest BCUT2D eigenvalue weighted by molar-refractivity contribution is 6.36. The topological polar surface area (TPSA) is 48.7 Å². The number of fused-ring (bicyclic) bond motifs is 1. The lowest BCUT2D eigenvalue weighted by Gasteiger charge is -2.17. The first kappa shape index (κ1) is 14.6. The zero-order chi connectivity index (χ0) is 15.5. The summed E-state index contributed by atoms with van der Waals surface area (Å²) < 4.78 is 0. The molecule has 0 saturated carbocycles. The van der Waals surface area contributed by atoms with Crippen molar-refractivity contribution in [1.82, 2.24) is 4.98 Å². The number of rotatable bonds is 3. The second kappa shape index (κ2) is 6.23. The molecule has 1 N–H and O–H groups in total. The Bertz CT molecular complexity index is 846. The minimum atomic E-state index is -0.659. The Kier molecular flexibility index (Phi) is 4.15. The quantitative estimate of drug-likeness (QED) is 0.717. The van der Waals surface area contributed by atoms with Crippen molar-refractivity contribution < 1.29 is 0 Å². The third kappa shape index (κ3) is 2.71. The lowest BCUT2D eigenvalue weighted by Crippen LogP contribution is -2.10. The van der Waals surface area contributed by atoms with E-state index < -0.39 is 6.04 Å². The number of aromatic nitrogens is 1. The highest BCUT2D eigenvalue weighted by Gasteiger charge is 2.18. The molecule has 0 aliphatic heterocycles. The maximum absolute atomic E-state index is 9.51. The molecule has 0 amide bonds. The van der Waals surface area contributed by atoms with E-state index in [1.165, 1.54) is 0 Å². The maximum Gasteiger partial charge on any atom is 0.143 e. The molecule has 22 heavy (non-hydrogen) atoms. The van der Waals surface area contributed by atoms with Gasteiger partial charge < -0.3 is 5.32 Å². The van der Waals surface area contributed by atoms with Crippen LogP contribution in [0.5, 0.6) is 0 Å². The minimum Gasteiger partial charge on any atom is -0.364 e. The highest BCUT2D eigenvalue weighted by Crippen LogP contribution is 2.33. The summed E-state index contributed by atoms with van der Waals surface area (Å²) in [4.78, 5) is 4.37. The van der Waals surface area contributed by atoms with Crippen LogP contribution in [0.25, 0.3) is 10.9 Å². The molecular weight excluding hydrogens is 317 g/mol. The Morgan fingerprint density at radius 3 is 2.41 bits per heavy atom. The number of nitrogens with one attached hydrogen (secondary N) is 1. The van der Waals surface area contributed by atoms with Crippen LogP contribution in [0.4, 0.5) is 5.69 Å². The van der Waals surface area contributed by atoms with Gasteiger partial charge in [-0.2, -0.15) is 5.26 Å². The average Bonchev–Trinajstić information content (AvgIpc) is 2.54. The zero-order valence-electron chi connectivity index (χ0n) is 11.4. The summed E-state index contributed by atoms with van der Waals surface area (Å²) in [5.74, 6) is 0. The number of anilines is 1. The summed E-state index contributed by atoms with van der Waals surface area (Å²) in [6, 6.07) is 16.3. The zero-order valence-corrected chi connectivity index (χ0v) is 12.9. The van der Waals surface area contributed by atoms with Crippen molar-refractivity contribution in [2.24, 2.45) is 0 Å². The molecule has 1 aromatic heterocycles. The number of nitriles is 1. The van der Waals surface area contributed by atoms with Crippen LogP contribution in [0.15, 0.2) is 54.7 Å². The third-order valence-electron chi connectivity index (χ3n) is 3.35. The Balaban J connectivity index is 2.05. The normalized spacial score (nSPS) is 11.9. The fourth-order valence-electron chi connectivity index (χ4n) is 2.33. The molecule has 0 bridgehead atoms. The summed E-state index contributed by atoms with van der Waals surface area (Å²) in [6.45, 7) is 0. The molecule has 2 aromatic carbocycles. The molecule has 3 rings (SSSR count). The predicted molar refractivity (Wildman–Crippen MR) is 90.2 cm³/mol. The number of halogens is 2. The maximum atomic E-state index is 9.51. The van der Waals surface area contributed by atoms with E-state index in [1.807, 2.05) is 30.3 Å². The van der Waals surface area contributed by atoms with E-state index in [2.05, 4.69) is 16.4 Å². The first-order valence-corrected chi connectivity index (χ1v) is 7.40. The Labute approximate surface area is 138 Å². The van der Waals surface area contributed by atoms with Gasteiger partial charge in [0.2, 0.25) is 0 Å². The van der Waals surface area contributed by atoms with Crippen LogP contribution in [-0.4, -0.2) is 4.98 Å². The van der Waals surface area contributed by atoms with Gasteiger partial charge in [0.15, 0.2) is 0 Å². The number of pyridine rings is 1. The van der Waals surface area contributed by atoms with Gasteiger partial charge in [-0.25, -0.2) is 0 Å². The van der Waals surface area contributed by atoms with Crippen molar-refractivity contribution >= 4 is 39.8 Å². The molecule has 3 aromatic rings. The number of hydrogen-bond donors (Lipinski definition) is 1. The van der Waals surface area contributed by atoms with Gasteiger partial charge in [0, 0.05) is 27.2 Å². The van der Waals surface area contributed by atoms with Gasteiger partial charge in [0.25, 0.3) is 0 Å². The van der Waals surface area contributed by atoms with E-state index in [4.69, 9.17) is 23.2 Å². The van der Waals surface area contributed by atoms with Crippen LogP contribution >= 0.6 is 23.2 Å². The van der Waals surface area contributed by atoms with E-state index in [0.29, 0.717) is 15.6 Å². The minimum absolute atomic E-state index is 0.458. The Morgan fingerprint density at radius 1 is 1.00 bits per heavy atom. The van der Waals surface area contributed by atoms with Crippen LogP contribution in [0.1, 0.15) is 11.6 Å². The lowest BCUT2D eigenvalue weighted by molar-refractivity contribution is 1.000. The van der Waals surface area contributed by atoms with Crippen LogP contribution in [0.2, 0.25) is 10.0 Å². The van der Waals surface area contributed by atoms with Crippen molar-refractivity contribution in [2.75, 3.05) is 5.32 Å². The molecular formula is C17H11Cl2N3. The number of nitrogens with zero attached hydrogens (tertiary/aromatic N) is 2. The van der Waals surface area contributed by atoms with Crippen molar-refractivity contribution in [3.8, 4) is 6.07 Å². The molecule has 108 valence electrons. The van der Waals surface area contributed by atoms with Gasteiger partial charge in [0.1, 0.15) is 6.04 Å². The summed E-state index contributed by atoms with van der Waals surface area (Å²) in [5, 5.41) is 14.6. The molecule has 1 atom stereocenters. The second-order valence-electron chi connectivity index (χ2n) is 4.72. The molecule has 1 unspecified atom stereocenters. The molecule has 3 nitrogen and oxygen atoms in total. The van der Waals surface area contributed by atoms with Crippen LogP contribution in [0, 0.1) is 11.3 Å². The van der Waals surface area contributed by atoms with E-state index in [1.54, 1.807) is 24.4 Å². The van der Waals surface area contributed by atoms with Gasteiger partial charge in [0.05, 0.1) is 17.3 Å². The molecule has 0 aliphatic rings. The predicted octanol–water partition coefficient (Wildman–Crippen LogP) is 5.22. The Hall–Kier alpha value is -2.28. The SMILES string of the molecule is N#CC(Nc1cccc2cccnc12)c1c(Cl)cccc1Cl. The van der Waals surface area contributed by atoms with Crippen LogP contribution in [-0.2, 0) is 0 Å². The van der Waals surface area contributed by atoms with Gasteiger partial charge in [-0.3, -0.25) is 4.98 Å². The first-order chi connectivity index (χ1) is 10.7. The smallest absolute Gasteiger partial charge is 0.143 e. The number of para-hydroxylation sites is 1.